The molecule has 0 spiro atoms. The average molecular weight is 367 g/mol. The zero-order valence-corrected chi connectivity index (χ0v) is 13.4. The number of cyclic esters (lactones) is 1. The van der Waals surface area contributed by atoms with Crippen molar-refractivity contribution >= 4 is 23.7 Å². The van der Waals surface area contributed by atoms with Gasteiger partial charge in [-0.15, -0.1) is 0 Å². The summed E-state index contributed by atoms with van der Waals surface area (Å²) in [6.07, 6.45) is -4.21. The predicted molar refractivity (Wildman–Crippen MR) is 85.1 cm³/mol. The first-order valence-corrected chi connectivity index (χ1v) is 7.55. The zero-order chi connectivity index (χ0) is 19.3. The van der Waals surface area contributed by atoms with Gasteiger partial charge in [-0.25, -0.2) is 9.59 Å². The first-order valence-electron chi connectivity index (χ1n) is 7.55. The Morgan fingerprint density at radius 1 is 1.31 bits per heavy atom. The molecule has 10 heteroatoms. The van der Waals surface area contributed by atoms with Gasteiger partial charge in [0.2, 0.25) is 0 Å². The molecule has 2 atom stereocenters. The number of rotatable bonds is 7. The number of carbonyl (C=O) groups excluding carboxylic acids is 2. The summed E-state index contributed by atoms with van der Waals surface area (Å²) < 4.78 is 9.38. The Kier molecular flexibility index (Phi) is 6.15. The fourth-order valence-corrected chi connectivity index (χ4v) is 2.24. The molecular weight excluding hydrogens is 350 g/mol. The highest BCUT2D eigenvalue weighted by atomic mass is 16.6. The molecule has 1 aliphatic rings. The van der Waals surface area contributed by atoms with Crippen molar-refractivity contribution in [3.05, 3.63) is 41.3 Å². The molecule has 1 heterocycles. The quantitative estimate of drug-likeness (QED) is 0.426. The molecule has 0 saturated heterocycles. The van der Waals surface area contributed by atoms with Crippen LogP contribution in [0.25, 0.3) is 0 Å². The first kappa shape index (κ1) is 19.2. The molecule has 0 fully saturated rings. The normalized spacial score (nSPS) is 17.6. The van der Waals surface area contributed by atoms with Crippen molar-refractivity contribution < 1.29 is 44.3 Å². The van der Waals surface area contributed by atoms with Crippen LogP contribution < -0.4 is 5.32 Å². The largest absolute Gasteiger partial charge is 0.505 e. The third kappa shape index (κ3) is 4.49. The van der Waals surface area contributed by atoms with Gasteiger partial charge in [0, 0.05) is 12.1 Å². The van der Waals surface area contributed by atoms with E-state index in [9.17, 15) is 24.6 Å². The summed E-state index contributed by atoms with van der Waals surface area (Å²) in [5.41, 5.74) is 0.810. The van der Waals surface area contributed by atoms with Crippen molar-refractivity contribution in [1.29, 1.82) is 0 Å². The summed E-state index contributed by atoms with van der Waals surface area (Å²) >= 11 is 0. The fourth-order valence-electron chi connectivity index (χ4n) is 2.24. The summed E-state index contributed by atoms with van der Waals surface area (Å²) in [5.74, 6) is -3.79. The Balaban J connectivity index is 2.08. The number of esters is 1. The summed E-state index contributed by atoms with van der Waals surface area (Å²) in [4.78, 5) is 34.3. The number of carboxylic acid groups (broad SMARTS) is 1. The third-order valence-corrected chi connectivity index (χ3v) is 3.52. The number of para-hydroxylation sites is 1. The minimum atomic E-state index is -1.57. The number of benzene rings is 1. The molecule has 0 aromatic heterocycles. The number of nitrogens with one attached hydrogen (secondary N) is 1. The summed E-state index contributed by atoms with van der Waals surface area (Å²) in [6.45, 7) is -0.779. The summed E-state index contributed by atoms with van der Waals surface area (Å²) in [5, 5.41) is 39.2. The van der Waals surface area contributed by atoms with Crippen LogP contribution in [0.1, 0.15) is 12.0 Å². The highest BCUT2D eigenvalue weighted by Crippen LogP contribution is 2.25. The molecule has 2 rings (SSSR count). The highest BCUT2D eigenvalue weighted by Gasteiger charge is 2.41. The molecule has 1 aliphatic heterocycles. The molecule has 0 radical (unpaired) electrons. The van der Waals surface area contributed by atoms with Crippen molar-refractivity contribution in [2.24, 2.45) is 0 Å². The lowest BCUT2D eigenvalue weighted by Crippen LogP contribution is -2.31. The molecule has 0 unspecified atom stereocenters. The average Bonchev–Trinajstić information content (AvgIpc) is 2.88. The molecule has 1 aromatic carbocycles. The van der Waals surface area contributed by atoms with E-state index in [0.29, 0.717) is 5.56 Å². The molecule has 1 amide bonds. The number of amides is 1. The molecule has 5 N–H and O–H groups in total. The van der Waals surface area contributed by atoms with E-state index in [1.165, 1.54) is 6.07 Å². The van der Waals surface area contributed by atoms with E-state index in [2.05, 4.69) is 10.1 Å². The van der Waals surface area contributed by atoms with Gasteiger partial charge in [-0.05, 0) is 18.1 Å². The lowest BCUT2D eigenvalue weighted by Gasteiger charge is -2.13. The van der Waals surface area contributed by atoms with E-state index in [1.807, 2.05) is 0 Å². The number of aliphatic carboxylic acids is 1. The van der Waals surface area contributed by atoms with Crippen LogP contribution in [0, 0.1) is 0 Å². The number of carbonyl (C=O) groups is 3. The van der Waals surface area contributed by atoms with Gasteiger partial charge in [0.15, 0.2) is 11.9 Å². The Morgan fingerprint density at radius 3 is 2.65 bits per heavy atom. The maximum Gasteiger partial charge on any atom is 0.417 e. The molecule has 0 aliphatic carbocycles. The van der Waals surface area contributed by atoms with E-state index in [0.717, 1.165) is 0 Å². The molecule has 10 nitrogen and oxygen atoms in total. The minimum Gasteiger partial charge on any atom is -0.505 e. The maximum atomic E-state index is 12.0. The Labute approximate surface area is 147 Å². The van der Waals surface area contributed by atoms with Gasteiger partial charge in [-0.2, -0.15) is 0 Å². The van der Waals surface area contributed by atoms with Crippen LogP contribution in [0.2, 0.25) is 0 Å². The van der Waals surface area contributed by atoms with Gasteiger partial charge in [-0.3, -0.25) is 10.1 Å². The van der Waals surface area contributed by atoms with Crippen molar-refractivity contribution in [2.45, 2.75) is 25.0 Å². The zero-order valence-electron chi connectivity index (χ0n) is 13.4. The van der Waals surface area contributed by atoms with E-state index in [4.69, 9.17) is 14.9 Å². The van der Waals surface area contributed by atoms with Crippen LogP contribution in [0.15, 0.2) is 35.8 Å². The van der Waals surface area contributed by atoms with E-state index < -0.39 is 48.4 Å². The van der Waals surface area contributed by atoms with Crippen molar-refractivity contribution in [3.8, 4) is 0 Å². The molecule has 0 bridgehead atoms. The number of hydrogen-bond acceptors (Lipinski definition) is 8. The standard InChI is InChI=1S/C16H17NO9/c18-7-10(19)13-12(22)14(15(23)25-13)26-16(24)17-9-4-2-1-3-8(9)5-6-11(20)21/h1-4,10,13,18-19,22H,5-7H2,(H,17,24)(H,20,21)/t10-,13+/m0/s1. The second-order valence-electron chi connectivity index (χ2n) is 5.36. The van der Waals surface area contributed by atoms with Gasteiger partial charge in [0.25, 0.3) is 5.76 Å². The van der Waals surface area contributed by atoms with Crippen LogP contribution in [0.5, 0.6) is 0 Å². The first-order chi connectivity index (χ1) is 12.3. The van der Waals surface area contributed by atoms with Gasteiger partial charge in [0.05, 0.1) is 6.61 Å². The number of aliphatic hydroxyl groups is 3. The highest BCUT2D eigenvalue weighted by molar-refractivity contribution is 5.95. The number of hydrogen-bond donors (Lipinski definition) is 5. The Hall–Kier alpha value is -3.11. The van der Waals surface area contributed by atoms with E-state index in [1.54, 1.807) is 18.2 Å². The number of aliphatic hydroxyl groups excluding tert-OH is 3. The number of anilines is 1. The van der Waals surface area contributed by atoms with Crippen LogP contribution in [-0.2, 0) is 25.5 Å². The topological polar surface area (TPSA) is 163 Å². The Morgan fingerprint density at radius 2 is 2.00 bits per heavy atom. The summed E-state index contributed by atoms with van der Waals surface area (Å²) in [6, 6.07) is 6.40. The molecule has 0 saturated carbocycles. The van der Waals surface area contributed by atoms with E-state index >= 15 is 0 Å². The van der Waals surface area contributed by atoms with Crippen molar-refractivity contribution in [2.75, 3.05) is 11.9 Å². The third-order valence-electron chi connectivity index (χ3n) is 3.52. The number of ether oxygens (including phenoxy) is 2. The van der Waals surface area contributed by atoms with Crippen LogP contribution in [-0.4, -0.2) is 57.3 Å². The second kappa shape index (κ2) is 8.32. The van der Waals surface area contributed by atoms with Crippen LogP contribution in [0.3, 0.4) is 0 Å². The second-order valence-corrected chi connectivity index (χ2v) is 5.36. The van der Waals surface area contributed by atoms with Gasteiger partial charge in [0.1, 0.15) is 6.10 Å². The molecule has 1 aromatic rings. The van der Waals surface area contributed by atoms with Gasteiger partial charge >= 0.3 is 18.0 Å². The van der Waals surface area contributed by atoms with Crippen molar-refractivity contribution in [3.63, 3.8) is 0 Å². The molecular formula is C16H17NO9. The smallest absolute Gasteiger partial charge is 0.417 e. The molecule has 140 valence electrons. The van der Waals surface area contributed by atoms with E-state index in [-0.39, 0.29) is 18.5 Å². The van der Waals surface area contributed by atoms with Crippen LogP contribution >= 0.6 is 0 Å². The summed E-state index contributed by atoms with van der Waals surface area (Å²) in [7, 11) is 0. The van der Waals surface area contributed by atoms with Crippen molar-refractivity contribution in [1.82, 2.24) is 0 Å². The minimum absolute atomic E-state index is 0.146. The number of carboxylic acids is 1. The lowest BCUT2D eigenvalue weighted by molar-refractivity contribution is -0.147. The number of aryl methyl sites for hydroxylation is 1. The van der Waals surface area contributed by atoms with Gasteiger partial charge in [-0.1, -0.05) is 18.2 Å². The van der Waals surface area contributed by atoms with Crippen LogP contribution in [0.4, 0.5) is 10.5 Å². The monoisotopic (exact) mass is 367 g/mol. The maximum absolute atomic E-state index is 12.0. The lowest BCUT2D eigenvalue weighted by atomic mass is 10.1. The van der Waals surface area contributed by atoms with Gasteiger partial charge < -0.3 is 29.9 Å². The Bertz CT molecular complexity index is 743. The SMILES string of the molecule is O=C(O)CCc1ccccc1NC(=O)OC1=C(O)[C@@H]([C@@H](O)CO)OC1=O. The molecule has 26 heavy (non-hydrogen) atoms. The predicted octanol–water partition coefficient (Wildman–Crippen LogP) is 0.300. The fraction of sp³-hybridized carbons (Fsp3) is 0.312.